The maximum Gasteiger partial charge on any atom is 0.173 e. The normalized spacial score (nSPS) is 25.3. The Hall–Kier alpha value is -2.30. The minimum atomic E-state index is -0.238. The molecule has 4 rings (SSSR count). The first kappa shape index (κ1) is 16.2. The molecular weight excluding hydrogens is 318 g/mol. The van der Waals surface area contributed by atoms with Crippen LogP contribution in [0.2, 0.25) is 0 Å². The van der Waals surface area contributed by atoms with Crippen molar-refractivity contribution in [2.75, 3.05) is 20.8 Å². The third-order valence-electron chi connectivity index (χ3n) is 5.79. The lowest BCUT2D eigenvalue weighted by Crippen LogP contribution is -2.47. The first-order valence-electron chi connectivity index (χ1n) is 8.88. The highest BCUT2D eigenvalue weighted by atomic mass is 16.5. The number of carbonyl (C=O) groups excluding carboxylic acids is 2. The van der Waals surface area contributed by atoms with Crippen LogP contribution in [0.1, 0.15) is 43.4 Å². The standard InChI is InChI=1S/C20H23NO4/c1-11-19-13-10-17(25-3)16(24-2)9-12(13)7-8-21(19)14-5-4-6-15(22)18(14)20(11)23/h9-11,19H,4-8H2,1-3H3. The summed E-state index contributed by atoms with van der Waals surface area (Å²) in [6, 6.07) is 4.00. The van der Waals surface area contributed by atoms with Gasteiger partial charge < -0.3 is 14.4 Å². The van der Waals surface area contributed by atoms with E-state index in [1.54, 1.807) is 14.2 Å². The van der Waals surface area contributed by atoms with E-state index < -0.39 is 0 Å². The zero-order valence-corrected chi connectivity index (χ0v) is 14.9. The molecule has 2 heterocycles. The summed E-state index contributed by atoms with van der Waals surface area (Å²) in [4.78, 5) is 27.6. The van der Waals surface area contributed by atoms with Crippen molar-refractivity contribution in [2.45, 2.75) is 38.6 Å². The van der Waals surface area contributed by atoms with Gasteiger partial charge in [0.05, 0.1) is 25.8 Å². The topological polar surface area (TPSA) is 55.8 Å². The molecule has 0 radical (unpaired) electrons. The van der Waals surface area contributed by atoms with Gasteiger partial charge in [0.25, 0.3) is 0 Å². The molecule has 5 nitrogen and oxygen atoms in total. The van der Waals surface area contributed by atoms with Gasteiger partial charge in [-0.2, -0.15) is 0 Å². The lowest BCUT2D eigenvalue weighted by molar-refractivity contribution is -0.127. The highest BCUT2D eigenvalue weighted by molar-refractivity contribution is 6.22. The van der Waals surface area contributed by atoms with Gasteiger partial charge in [-0.25, -0.2) is 0 Å². The number of allylic oxidation sites excluding steroid dienone is 2. The fraction of sp³-hybridized carbons (Fsp3) is 0.500. The second kappa shape index (κ2) is 5.90. The Morgan fingerprint density at radius 2 is 1.76 bits per heavy atom. The second-order valence-electron chi connectivity index (χ2n) is 7.05. The van der Waals surface area contributed by atoms with E-state index in [0.29, 0.717) is 17.7 Å². The van der Waals surface area contributed by atoms with Crippen LogP contribution in [-0.4, -0.2) is 37.2 Å². The third kappa shape index (κ3) is 2.29. The summed E-state index contributed by atoms with van der Waals surface area (Å²) in [6.45, 7) is 2.77. The fourth-order valence-corrected chi connectivity index (χ4v) is 4.58. The Bertz CT molecular complexity index is 795. The molecule has 0 N–H and O–H groups in total. The number of Topliss-reactive ketones (excluding diaryl/α,β-unsaturated/α-hetero) is 2. The number of rotatable bonds is 2. The Kier molecular flexibility index (Phi) is 3.82. The van der Waals surface area contributed by atoms with Crippen molar-refractivity contribution >= 4 is 11.6 Å². The molecule has 3 aliphatic rings. The number of ether oxygens (including phenoxy) is 2. The first-order valence-corrected chi connectivity index (χ1v) is 8.88. The summed E-state index contributed by atoms with van der Waals surface area (Å²) in [5, 5.41) is 0. The quantitative estimate of drug-likeness (QED) is 0.774. The van der Waals surface area contributed by atoms with Crippen LogP contribution < -0.4 is 9.47 Å². The van der Waals surface area contributed by atoms with Crippen LogP contribution in [0, 0.1) is 5.92 Å². The van der Waals surface area contributed by atoms with Gasteiger partial charge in [0, 0.05) is 24.6 Å². The summed E-state index contributed by atoms with van der Waals surface area (Å²) >= 11 is 0. The summed E-state index contributed by atoms with van der Waals surface area (Å²) in [7, 11) is 3.26. The van der Waals surface area contributed by atoms with Gasteiger partial charge in [-0.15, -0.1) is 0 Å². The van der Waals surface area contributed by atoms with E-state index in [4.69, 9.17) is 9.47 Å². The monoisotopic (exact) mass is 341 g/mol. The van der Waals surface area contributed by atoms with Crippen LogP contribution >= 0.6 is 0 Å². The summed E-state index contributed by atoms with van der Waals surface area (Å²) in [6.07, 6.45) is 3.02. The second-order valence-corrected chi connectivity index (χ2v) is 7.05. The Morgan fingerprint density at radius 1 is 1.04 bits per heavy atom. The molecule has 2 atom stereocenters. The van der Waals surface area contributed by atoms with Crippen LogP contribution in [0.25, 0.3) is 0 Å². The maximum atomic E-state index is 13.0. The SMILES string of the molecule is COc1cc2c(cc1OC)C1C(C)C(=O)C3=C(CCCC3=O)N1CC2. The molecular formula is C20H23NO4. The predicted molar refractivity (Wildman–Crippen MR) is 92.8 cm³/mol. The summed E-state index contributed by atoms with van der Waals surface area (Å²) < 4.78 is 10.9. The molecule has 0 aromatic heterocycles. The van der Waals surface area contributed by atoms with Crippen LogP contribution in [-0.2, 0) is 16.0 Å². The van der Waals surface area contributed by atoms with Gasteiger partial charge in [-0.1, -0.05) is 6.92 Å². The van der Waals surface area contributed by atoms with Crippen LogP contribution in [0.15, 0.2) is 23.4 Å². The lowest BCUT2D eigenvalue weighted by Gasteiger charge is -2.47. The Labute approximate surface area is 147 Å². The molecule has 2 unspecified atom stereocenters. The van der Waals surface area contributed by atoms with E-state index in [0.717, 1.165) is 42.8 Å². The molecule has 1 aliphatic carbocycles. The molecule has 0 saturated heterocycles. The average Bonchev–Trinajstić information content (AvgIpc) is 2.63. The molecule has 0 amide bonds. The van der Waals surface area contributed by atoms with Gasteiger partial charge in [-0.3, -0.25) is 9.59 Å². The molecule has 0 saturated carbocycles. The summed E-state index contributed by atoms with van der Waals surface area (Å²) in [5.74, 6) is 1.19. The average molecular weight is 341 g/mol. The van der Waals surface area contributed by atoms with Crippen molar-refractivity contribution in [3.63, 3.8) is 0 Å². The number of nitrogens with zero attached hydrogens (tertiary/aromatic N) is 1. The molecule has 0 fully saturated rings. The van der Waals surface area contributed by atoms with Crippen LogP contribution in [0.3, 0.4) is 0 Å². The smallest absolute Gasteiger partial charge is 0.173 e. The molecule has 2 aliphatic heterocycles. The van der Waals surface area contributed by atoms with E-state index in [1.165, 1.54) is 5.56 Å². The number of fused-ring (bicyclic) bond motifs is 4. The Morgan fingerprint density at radius 3 is 2.48 bits per heavy atom. The predicted octanol–water partition coefficient (Wildman–Crippen LogP) is 2.83. The molecule has 5 heteroatoms. The molecule has 1 aromatic rings. The highest BCUT2D eigenvalue weighted by Gasteiger charge is 2.45. The molecule has 0 bridgehead atoms. The highest BCUT2D eigenvalue weighted by Crippen LogP contribution is 2.48. The van der Waals surface area contributed by atoms with Gasteiger partial charge in [0.2, 0.25) is 0 Å². The number of methoxy groups -OCH3 is 2. The minimum Gasteiger partial charge on any atom is -0.493 e. The zero-order valence-electron chi connectivity index (χ0n) is 14.9. The van der Waals surface area contributed by atoms with Crippen molar-refractivity contribution < 1.29 is 19.1 Å². The molecule has 0 spiro atoms. The number of hydrogen-bond donors (Lipinski definition) is 0. The zero-order chi connectivity index (χ0) is 17.7. The van der Waals surface area contributed by atoms with Crippen molar-refractivity contribution in [3.8, 4) is 11.5 Å². The molecule has 132 valence electrons. The number of carbonyl (C=O) groups is 2. The van der Waals surface area contributed by atoms with Gasteiger partial charge >= 0.3 is 0 Å². The van der Waals surface area contributed by atoms with E-state index in [-0.39, 0.29) is 23.5 Å². The lowest BCUT2D eigenvalue weighted by atomic mass is 9.74. The number of benzene rings is 1. The largest absolute Gasteiger partial charge is 0.493 e. The van der Waals surface area contributed by atoms with Crippen molar-refractivity contribution in [3.05, 3.63) is 34.5 Å². The minimum absolute atomic E-state index is 0.00332. The van der Waals surface area contributed by atoms with E-state index in [1.807, 2.05) is 19.1 Å². The number of hydrogen-bond acceptors (Lipinski definition) is 5. The van der Waals surface area contributed by atoms with Crippen LogP contribution in [0.5, 0.6) is 11.5 Å². The maximum absolute atomic E-state index is 13.0. The molecule has 1 aromatic carbocycles. The van der Waals surface area contributed by atoms with E-state index in [9.17, 15) is 9.59 Å². The Balaban J connectivity index is 1.86. The van der Waals surface area contributed by atoms with Crippen molar-refractivity contribution in [1.82, 2.24) is 4.90 Å². The fourth-order valence-electron chi connectivity index (χ4n) is 4.58. The van der Waals surface area contributed by atoms with E-state index >= 15 is 0 Å². The van der Waals surface area contributed by atoms with Crippen LogP contribution in [0.4, 0.5) is 0 Å². The van der Waals surface area contributed by atoms with E-state index in [2.05, 4.69) is 4.90 Å². The van der Waals surface area contributed by atoms with Gasteiger partial charge in [0.15, 0.2) is 23.1 Å². The van der Waals surface area contributed by atoms with Crippen molar-refractivity contribution in [1.29, 1.82) is 0 Å². The van der Waals surface area contributed by atoms with Gasteiger partial charge in [0.1, 0.15) is 0 Å². The first-order chi connectivity index (χ1) is 12.1. The van der Waals surface area contributed by atoms with Gasteiger partial charge in [-0.05, 0) is 42.5 Å². The summed E-state index contributed by atoms with van der Waals surface area (Å²) in [5.41, 5.74) is 3.75. The third-order valence-corrected chi connectivity index (χ3v) is 5.79. The van der Waals surface area contributed by atoms with Crippen molar-refractivity contribution in [2.24, 2.45) is 5.92 Å². The molecule has 25 heavy (non-hydrogen) atoms. The number of ketones is 2.